The van der Waals surface area contributed by atoms with Crippen LogP contribution >= 0.6 is 0 Å². The van der Waals surface area contributed by atoms with Crippen LogP contribution in [0.1, 0.15) is 73.2 Å². The highest BCUT2D eigenvalue weighted by Crippen LogP contribution is 2.39. The summed E-state index contributed by atoms with van der Waals surface area (Å²) in [5.74, 6) is 3.38. The van der Waals surface area contributed by atoms with E-state index in [1.54, 1.807) is 13.0 Å². The van der Waals surface area contributed by atoms with Gasteiger partial charge in [-0.05, 0) is 87.2 Å². The summed E-state index contributed by atoms with van der Waals surface area (Å²) in [6.45, 7) is 6.21. The number of hydrogen-bond donors (Lipinski definition) is 2. The first-order valence-corrected chi connectivity index (χ1v) is 11.8. The summed E-state index contributed by atoms with van der Waals surface area (Å²) in [6.07, 6.45) is 6.79. The summed E-state index contributed by atoms with van der Waals surface area (Å²) >= 11 is 0. The predicted molar refractivity (Wildman–Crippen MR) is 121 cm³/mol. The number of aliphatic hydroxyl groups is 1. The lowest BCUT2D eigenvalue weighted by molar-refractivity contribution is 0.0921. The number of benzene rings is 1. The van der Waals surface area contributed by atoms with Crippen LogP contribution in [0.5, 0.6) is 5.75 Å². The summed E-state index contributed by atoms with van der Waals surface area (Å²) in [6, 6.07) is 5.26. The molecule has 1 atom stereocenters. The van der Waals surface area contributed by atoms with Crippen molar-refractivity contribution in [1.29, 1.82) is 0 Å². The van der Waals surface area contributed by atoms with Crippen LogP contribution in [0.15, 0.2) is 22.7 Å². The molecule has 1 aromatic heterocycles. The topological polar surface area (TPSA) is 101 Å². The Morgan fingerprint density at radius 1 is 1.31 bits per heavy atom. The van der Waals surface area contributed by atoms with Crippen molar-refractivity contribution in [1.82, 2.24) is 15.5 Å². The van der Waals surface area contributed by atoms with E-state index in [9.17, 15) is 4.79 Å². The SMILES string of the molecule is Cc1cc(OCCCC2CCN(c3noc(C4CC4)n3)CC2)ccc1C(=O)N[C@H](C)CO. The van der Waals surface area contributed by atoms with Gasteiger partial charge in [-0.2, -0.15) is 4.98 Å². The number of rotatable bonds is 10. The van der Waals surface area contributed by atoms with Gasteiger partial charge in [-0.15, -0.1) is 0 Å². The number of nitrogens with zero attached hydrogens (tertiary/aromatic N) is 3. The van der Waals surface area contributed by atoms with Crippen molar-refractivity contribution in [2.45, 2.75) is 64.3 Å². The molecule has 32 heavy (non-hydrogen) atoms. The third kappa shape index (κ3) is 5.79. The molecule has 4 rings (SSSR count). The number of carbonyl (C=O) groups excluding carboxylic acids is 1. The summed E-state index contributed by atoms with van der Waals surface area (Å²) < 4.78 is 11.3. The van der Waals surface area contributed by atoms with Gasteiger partial charge in [0.15, 0.2) is 0 Å². The molecule has 1 amide bonds. The Hall–Kier alpha value is -2.61. The van der Waals surface area contributed by atoms with Gasteiger partial charge in [-0.3, -0.25) is 4.79 Å². The number of aromatic nitrogens is 2. The zero-order chi connectivity index (χ0) is 22.5. The molecule has 174 valence electrons. The van der Waals surface area contributed by atoms with Crippen molar-refractivity contribution >= 4 is 11.9 Å². The zero-order valence-electron chi connectivity index (χ0n) is 19.0. The van der Waals surface area contributed by atoms with Crippen molar-refractivity contribution < 1.29 is 19.2 Å². The molecule has 2 heterocycles. The van der Waals surface area contributed by atoms with Crippen LogP contribution in [0.3, 0.4) is 0 Å². The second kappa shape index (κ2) is 10.3. The maximum absolute atomic E-state index is 12.2. The highest BCUT2D eigenvalue weighted by atomic mass is 16.5. The van der Waals surface area contributed by atoms with E-state index >= 15 is 0 Å². The number of anilines is 1. The molecular weight excluding hydrogens is 408 g/mol. The van der Waals surface area contributed by atoms with E-state index in [1.807, 2.05) is 19.1 Å². The minimum absolute atomic E-state index is 0.0799. The molecule has 0 unspecified atom stereocenters. The quantitative estimate of drug-likeness (QED) is 0.544. The van der Waals surface area contributed by atoms with Crippen molar-refractivity contribution in [3.63, 3.8) is 0 Å². The Balaban J connectivity index is 1.15. The monoisotopic (exact) mass is 442 g/mol. The van der Waals surface area contributed by atoms with E-state index in [4.69, 9.17) is 14.4 Å². The smallest absolute Gasteiger partial charge is 0.266 e. The van der Waals surface area contributed by atoms with Gasteiger partial charge in [0.05, 0.1) is 13.2 Å². The summed E-state index contributed by atoms with van der Waals surface area (Å²) in [7, 11) is 0. The maximum Gasteiger partial charge on any atom is 0.266 e. The van der Waals surface area contributed by atoms with Crippen LogP contribution in [-0.4, -0.2) is 53.5 Å². The Morgan fingerprint density at radius 3 is 2.78 bits per heavy atom. The number of hydrogen-bond acceptors (Lipinski definition) is 7. The molecule has 0 radical (unpaired) electrons. The van der Waals surface area contributed by atoms with Gasteiger partial charge in [-0.25, -0.2) is 0 Å². The molecule has 1 aliphatic heterocycles. The van der Waals surface area contributed by atoms with Crippen LogP contribution in [-0.2, 0) is 0 Å². The normalized spacial score (nSPS) is 17.9. The molecule has 1 aliphatic carbocycles. The van der Waals surface area contributed by atoms with Crippen LogP contribution in [0.25, 0.3) is 0 Å². The first kappa shape index (κ1) is 22.6. The van der Waals surface area contributed by atoms with Crippen LogP contribution in [0.2, 0.25) is 0 Å². The summed E-state index contributed by atoms with van der Waals surface area (Å²) in [5, 5.41) is 16.0. The third-order valence-corrected chi connectivity index (χ3v) is 6.37. The Labute approximate surface area is 189 Å². The number of ether oxygens (including phenoxy) is 1. The Bertz CT molecular complexity index is 903. The van der Waals surface area contributed by atoms with E-state index in [-0.39, 0.29) is 18.6 Å². The Kier molecular flexibility index (Phi) is 7.29. The summed E-state index contributed by atoms with van der Waals surface area (Å²) in [5.41, 5.74) is 1.47. The van der Waals surface area contributed by atoms with Crippen molar-refractivity contribution in [2.24, 2.45) is 5.92 Å². The fourth-order valence-corrected chi connectivity index (χ4v) is 4.16. The average Bonchev–Trinajstić information content (AvgIpc) is 3.53. The van der Waals surface area contributed by atoms with E-state index in [0.29, 0.717) is 24.0 Å². The van der Waals surface area contributed by atoms with Gasteiger partial charge in [0, 0.05) is 30.6 Å². The molecule has 2 N–H and O–H groups in total. The largest absolute Gasteiger partial charge is 0.494 e. The molecule has 1 aromatic carbocycles. The van der Waals surface area contributed by atoms with Crippen LogP contribution in [0, 0.1) is 12.8 Å². The van der Waals surface area contributed by atoms with Crippen LogP contribution in [0.4, 0.5) is 5.95 Å². The highest BCUT2D eigenvalue weighted by Gasteiger charge is 2.31. The standard InChI is InChI=1S/C24H34N4O4/c1-16-14-20(7-8-21(16)22(30)25-17(2)15-29)31-13-3-4-18-9-11-28(12-10-18)24-26-23(32-27-24)19-5-6-19/h7-8,14,17-19,29H,3-6,9-13,15H2,1-2H3,(H,25,30)/t17-/m1/s1. The number of aliphatic hydroxyl groups excluding tert-OH is 1. The van der Waals surface area contributed by atoms with Gasteiger partial charge in [0.1, 0.15) is 5.75 Å². The lowest BCUT2D eigenvalue weighted by Crippen LogP contribution is -2.35. The second-order valence-corrected chi connectivity index (χ2v) is 9.16. The Morgan fingerprint density at radius 2 is 2.09 bits per heavy atom. The van der Waals surface area contributed by atoms with Crippen molar-refractivity contribution in [3.8, 4) is 5.75 Å². The molecule has 2 fully saturated rings. The molecular formula is C24H34N4O4. The van der Waals surface area contributed by atoms with Gasteiger partial charge in [0.2, 0.25) is 5.89 Å². The second-order valence-electron chi connectivity index (χ2n) is 9.16. The van der Waals surface area contributed by atoms with Gasteiger partial charge in [-0.1, -0.05) is 0 Å². The summed E-state index contributed by atoms with van der Waals surface area (Å²) in [4.78, 5) is 19.1. The number of nitrogens with one attached hydrogen (secondary N) is 1. The van der Waals surface area contributed by atoms with Gasteiger partial charge >= 0.3 is 0 Å². The van der Waals surface area contributed by atoms with E-state index in [0.717, 1.165) is 61.9 Å². The zero-order valence-corrected chi connectivity index (χ0v) is 19.0. The predicted octanol–water partition coefficient (Wildman–Crippen LogP) is 3.44. The number of aryl methyl sites for hydroxylation is 1. The minimum Gasteiger partial charge on any atom is -0.494 e. The van der Waals surface area contributed by atoms with Gasteiger partial charge < -0.3 is 24.6 Å². The van der Waals surface area contributed by atoms with E-state index in [2.05, 4.69) is 20.4 Å². The molecule has 1 saturated carbocycles. The first-order valence-electron chi connectivity index (χ1n) is 11.8. The molecule has 1 saturated heterocycles. The lowest BCUT2D eigenvalue weighted by Gasteiger charge is -2.30. The molecule has 2 aromatic rings. The fourth-order valence-electron chi connectivity index (χ4n) is 4.16. The van der Waals surface area contributed by atoms with E-state index in [1.165, 1.54) is 12.8 Å². The first-order chi connectivity index (χ1) is 15.5. The minimum atomic E-state index is -0.267. The molecule has 8 nitrogen and oxygen atoms in total. The molecule has 0 bridgehead atoms. The lowest BCUT2D eigenvalue weighted by atomic mass is 9.92. The van der Waals surface area contributed by atoms with Gasteiger partial charge in [0.25, 0.3) is 11.9 Å². The molecule has 0 spiro atoms. The number of amides is 1. The maximum atomic E-state index is 12.2. The molecule has 8 heteroatoms. The van der Waals surface area contributed by atoms with Crippen molar-refractivity contribution in [3.05, 3.63) is 35.2 Å². The van der Waals surface area contributed by atoms with E-state index < -0.39 is 0 Å². The fraction of sp³-hybridized carbons (Fsp3) is 0.625. The molecule has 2 aliphatic rings. The number of piperidine rings is 1. The van der Waals surface area contributed by atoms with Crippen molar-refractivity contribution in [2.75, 3.05) is 31.2 Å². The average molecular weight is 443 g/mol. The number of carbonyl (C=O) groups is 1. The highest BCUT2D eigenvalue weighted by molar-refractivity contribution is 5.95. The third-order valence-electron chi connectivity index (χ3n) is 6.37. The van der Waals surface area contributed by atoms with Crippen LogP contribution < -0.4 is 15.0 Å².